The van der Waals surface area contributed by atoms with Gasteiger partial charge in [0.1, 0.15) is 0 Å². The standard InChI is InChI=1S/C14H23NOS/c1-2-3-4-5-6-9-12-17(16)14-11-8-7-10-13(14)15/h7-8,10-11H,2-6,9,12,15H2,1H3. The molecular formula is C14H23NOS. The van der Waals surface area contributed by atoms with Gasteiger partial charge in [-0.25, -0.2) is 0 Å². The van der Waals surface area contributed by atoms with E-state index in [0.717, 1.165) is 17.1 Å². The third-order valence-electron chi connectivity index (χ3n) is 2.85. The number of unbranched alkanes of at least 4 members (excludes halogenated alkanes) is 5. The van der Waals surface area contributed by atoms with Gasteiger partial charge < -0.3 is 5.73 Å². The second-order valence-electron chi connectivity index (χ2n) is 4.36. The first-order chi connectivity index (χ1) is 8.25. The molecule has 1 aromatic rings. The molecule has 2 N–H and O–H groups in total. The average Bonchev–Trinajstić information content (AvgIpc) is 2.34. The fourth-order valence-corrected chi connectivity index (χ4v) is 3.06. The Kier molecular flexibility index (Phi) is 6.94. The molecule has 0 radical (unpaired) electrons. The second kappa shape index (κ2) is 8.29. The fourth-order valence-electron chi connectivity index (χ4n) is 1.81. The zero-order valence-electron chi connectivity index (χ0n) is 10.7. The average molecular weight is 253 g/mol. The van der Waals surface area contributed by atoms with Crippen molar-refractivity contribution in [3.05, 3.63) is 24.3 Å². The number of anilines is 1. The summed E-state index contributed by atoms with van der Waals surface area (Å²) < 4.78 is 12.0. The summed E-state index contributed by atoms with van der Waals surface area (Å²) in [5.41, 5.74) is 6.45. The Morgan fingerprint density at radius 2 is 1.71 bits per heavy atom. The summed E-state index contributed by atoms with van der Waals surface area (Å²) in [6.07, 6.45) is 7.36. The molecule has 1 atom stereocenters. The van der Waals surface area contributed by atoms with Gasteiger partial charge in [0.15, 0.2) is 0 Å². The van der Waals surface area contributed by atoms with Crippen LogP contribution in [0.2, 0.25) is 0 Å². The van der Waals surface area contributed by atoms with Crippen LogP contribution in [0.3, 0.4) is 0 Å². The molecule has 0 heterocycles. The minimum Gasteiger partial charge on any atom is -0.398 e. The lowest BCUT2D eigenvalue weighted by molar-refractivity contribution is 0.622. The van der Waals surface area contributed by atoms with Crippen LogP contribution in [0.15, 0.2) is 29.2 Å². The van der Waals surface area contributed by atoms with E-state index in [1.165, 1.54) is 32.1 Å². The lowest BCUT2D eigenvalue weighted by atomic mass is 10.1. The highest BCUT2D eigenvalue weighted by Gasteiger charge is 2.06. The van der Waals surface area contributed by atoms with Crippen molar-refractivity contribution in [3.63, 3.8) is 0 Å². The minimum atomic E-state index is -0.927. The van der Waals surface area contributed by atoms with E-state index in [2.05, 4.69) is 6.92 Å². The first-order valence-corrected chi connectivity index (χ1v) is 7.80. The van der Waals surface area contributed by atoms with Crippen LogP contribution in [-0.4, -0.2) is 9.96 Å². The smallest absolute Gasteiger partial charge is 0.0617 e. The van der Waals surface area contributed by atoms with Gasteiger partial charge in [0.05, 0.1) is 15.7 Å². The van der Waals surface area contributed by atoms with Crippen LogP contribution in [-0.2, 0) is 10.8 Å². The van der Waals surface area contributed by atoms with Crippen molar-refractivity contribution in [3.8, 4) is 0 Å². The highest BCUT2D eigenvalue weighted by atomic mass is 32.2. The number of nitrogens with two attached hydrogens (primary N) is 1. The van der Waals surface area contributed by atoms with Crippen molar-refractivity contribution in [1.82, 2.24) is 0 Å². The van der Waals surface area contributed by atoms with E-state index >= 15 is 0 Å². The molecule has 2 nitrogen and oxygen atoms in total. The van der Waals surface area contributed by atoms with Gasteiger partial charge in [-0.2, -0.15) is 0 Å². The highest BCUT2D eigenvalue weighted by Crippen LogP contribution is 2.17. The Morgan fingerprint density at radius 1 is 1.06 bits per heavy atom. The second-order valence-corrected chi connectivity index (χ2v) is 5.89. The molecule has 17 heavy (non-hydrogen) atoms. The molecule has 0 saturated heterocycles. The maximum atomic E-state index is 12.0. The van der Waals surface area contributed by atoms with Crippen LogP contribution in [0.4, 0.5) is 5.69 Å². The van der Waals surface area contributed by atoms with Gasteiger partial charge in [-0.1, -0.05) is 51.2 Å². The zero-order chi connectivity index (χ0) is 12.5. The largest absolute Gasteiger partial charge is 0.398 e. The number of para-hydroxylation sites is 1. The van der Waals surface area contributed by atoms with Crippen LogP contribution < -0.4 is 5.73 Å². The SMILES string of the molecule is CCCCCCCCS(=O)c1ccccc1N. The van der Waals surface area contributed by atoms with E-state index in [0.29, 0.717) is 5.69 Å². The zero-order valence-corrected chi connectivity index (χ0v) is 11.5. The predicted octanol–water partition coefficient (Wildman–Crippen LogP) is 3.74. The van der Waals surface area contributed by atoms with Gasteiger partial charge in [-0.05, 0) is 18.6 Å². The number of rotatable bonds is 8. The molecule has 3 heteroatoms. The summed E-state index contributed by atoms with van der Waals surface area (Å²) in [7, 11) is -0.927. The van der Waals surface area contributed by atoms with Crippen molar-refractivity contribution in [2.75, 3.05) is 11.5 Å². The summed E-state index contributed by atoms with van der Waals surface area (Å²) in [6, 6.07) is 7.45. The summed E-state index contributed by atoms with van der Waals surface area (Å²) in [4.78, 5) is 0.793. The summed E-state index contributed by atoms with van der Waals surface area (Å²) in [5.74, 6) is 0.736. The lowest BCUT2D eigenvalue weighted by Gasteiger charge is -2.05. The van der Waals surface area contributed by atoms with Crippen LogP contribution in [0.1, 0.15) is 45.4 Å². The summed E-state index contributed by atoms with van der Waals surface area (Å²) in [5, 5.41) is 0. The van der Waals surface area contributed by atoms with Crippen LogP contribution in [0, 0.1) is 0 Å². The van der Waals surface area contributed by atoms with Crippen molar-refractivity contribution in [2.24, 2.45) is 0 Å². The van der Waals surface area contributed by atoms with Crippen LogP contribution in [0.25, 0.3) is 0 Å². The molecule has 0 amide bonds. The number of hydrogen-bond acceptors (Lipinski definition) is 2. The van der Waals surface area contributed by atoms with Crippen molar-refractivity contribution >= 4 is 16.5 Å². The monoisotopic (exact) mass is 253 g/mol. The van der Waals surface area contributed by atoms with Crippen LogP contribution in [0.5, 0.6) is 0 Å². The minimum absolute atomic E-state index is 0.650. The molecule has 0 aliphatic carbocycles. The molecule has 1 rings (SSSR count). The third kappa shape index (κ3) is 5.35. The van der Waals surface area contributed by atoms with E-state index in [-0.39, 0.29) is 0 Å². The van der Waals surface area contributed by atoms with Crippen molar-refractivity contribution < 1.29 is 4.21 Å². The molecule has 1 aromatic carbocycles. The molecule has 0 bridgehead atoms. The predicted molar refractivity (Wildman–Crippen MR) is 75.5 cm³/mol. The Balaban J connectivity index is 2.24. The molecule has 0 aromatic heterocycles. The van der Waals surface area contributed by atoms with E-state index in [4.69, 9.17) is 5.73 Å². The maximum absolute atomic E-state index is 12.0. The molecule has 0 saturated carbocycles. The van der Waals surface area contributed by atoms with Gasteiger partial charge in [-0.3, -0.25) is 4.21 Å². The van der Waals surface area contributed by atoms with Gasteiger partial charge in [-0.15, -0.1) is 0 Å². The van der Waals surface area contributed by atoms with E-state index < -0.39 is 10.8 Å². The van der Waals surface area contributed by atoms with E-state index in [9.17, 15) is 4.21 Å². The first-order valence-electron chi connectivity index (χ1n) is 6.48. The fraction of sp³-hybridized carbons (Fsp3) is 0.571. The Bertz CT molecular complexity index is 352. The third-order valence-corrected chi connectivity index (χ3v) is 4.37. The molecule has 96 valence electrons. The number of hydrogen-bond donors (Lipinski definition) is 1. The topological polar surface area (TPSA) is 43.1 Å². The quantitative estimate of drug-likeness (QED) is 0.566. The molecule has 1 unspecified atom stereocenters. The Labute approximate surface area is 107 Å². The Morgan fingerprint density at radius 3 is 2.41 bits per heavy atom. The molecule has 0 fully saturated rings. The molecular weight excluding hydrogens is 230 g/mol. The maximum Gasteiger partial charge on any atom is 0.0617 e. The molecule has 0 aliphatic rings. The van der Waals surface area contributed by atoms with Gasteiger partial charge in [0.25, 0.3) is 0 Å². The van der Waals surface area contributed by atoms with E-state index in [1.807, 2.05) is 24.3 Å². The van der Waals surface area contributed by atoms with Crippen LogP contribution >= 0.6 is 0 Å². The normalized spacial score (nSPS) is 12.5. The Hall–Kier alpha value is -0.830. The van der Waals surface area contributed by atoms with Gasteiger partial charge in [0, 0.05) is 11.4 Å². The molecule has 0 aliphatic heterocycles. The number of nitrogen functional groups attached to an aromatic ring is 1. The van der Waals surface area contributed by atoms with Crippen molar-refractivity contribution in [1.29, 1.82) is 0 Å². The lowest BCUT2D eigenvalue weighted by Crippen LogP contribution is -2.01. The van der Waals surface area contributed by atoms with Crippen molar-refractivity contribution in [2.45, 2.75) is 50.3 Å². The molecule has 0 spiro atoms. The highest BCUT2D eigenvalue weighted by molar-refractivity contribution is 7.85. The number of benzene rings is 1. The summed E-state index contributed by atoms with van der Waals surface area (Å²) in [6.45, 7) is 2.22. The first kappa shape index (κ1) is 14.2. The van der Waals surface area contributed by atoms with Gasteiger partial charge in [0.2, 0.25) is 0 Å². The van der Waals surface area contributed by atoms with E-state index in [1.54, 1.807) is 0 Å². The summed E-state index contributed by atoms with van der Waals surface area (Å²) >= 11 is 0. The van der Waals surface area contributed by atoms with Gasteiger partial charge >= 0.3 is 0 Å².